The molecule has 1 heterocycles. The normalized spacial score (nSPS) is 11.2. The van der Waals surface area contributed by atoms with Crippen LogP contribution in [0.1, 0.15) is 25.6 Å². The summed E-state index contributed by atoms with van der Waals surface area (Å²) >= 11 is 0. The number of aromatic nitrogens is 2. The Morgan fingerprint density at radius 1 is 1.05 bits per heavy atom. The molecule has 0 saturated heterocycles. The van der Waals surface area contributed by atoms with Gasteiger partial charge in [-0.05, 0) is 42.8 Å². The van der Waals surface area contributed by atoms with E-state index in [0.717, 1.165) is 17.9 Å². The highest BCUT2D eigenvalue weighted by Gasteiger charge is 2.02. The minimum Gasteiger partial charge on any atom is -0.379 e. The van der Waals surface area contributed by atoms with E-state index in [2.05, 4.69) is 72.8 Å². The molecule has 20 heavy (non-hydrogen) atoms. The fourth-order valence-corrected chi connectivity index (χ4v) is 2.25. The van der Waals surface area contributed by atoms with E-state index in [1.54, 1.807) is 0 Å². The Bertz CT molecular complexity index is 713. The van der Waals surface area contributed by atoms with Crippen molar-refractivity contribution in [1.29, 1.82) is 0 Å². The molecule has 2 aromatic carbocycles. The molecule has 3 heteroatoms. The average molecular weight is 265 g/mol. The predicted molar refractivity (Wildman–Crippen MR) is 83.9 cm³/mol. The Kier molecular flexibility index (Phi) is 3.42. The Morgan fingerprint density at radius 2 is 1.85 bits per heavy atom. The first-order valence-corrected chi connectivity index (χ1v) is 6.99. The minimum absolute atomic E-state index is 0.407. The number of benzene rings is 2. The molecule has 0 bridgehead atoms. The summed E-state index contributed by atoms with van der Waals surface area (Å²) in [6.07, 6.45) is 2.03. The van der Waals surface area contributed by atoms with E-state index < -0.39 is 0 Å². The number of rotatable bonds is 4. The van der Waals surface area contributed by atoms with Gasteiger partial charge < -0.3 is 5.32 Å². The molecular weight excluding hydrogens is 246 g/mol. The molecular formula is C17H19N3. The van der Waals surface area contributed by atoms with Crippen molar-refractivity contribution >= 4 is 16.5 Å². The fourth-order valence-electron chi connectivity index (χ4n) is 2.25. The number of fused-ring (bicyclic) bond motifs is 1. The topological polar surface area (TPSA) is 29.9 Å². The zero-order valence-electron chi connectivity index (χ0n) is 11.9. The summed E-state index contributed by atoms with van der Waals surface area (Å²) in [7, 11) is 0. The van der Waals surface area contributed by atoms with Crippen LogP contribution in [0.25, 0.3) is 10.8 Å². The highest BCUT2D eigenvalue weighted by Crippen LogP contribution is 2.19. The largest absolute Gasteiger partial charge is 0.379 e. The third-order valence-electron chi connectivity index (χ3n) is 3.42. The van der Waals surface area contributed by atoms with Gasteiger partial charge in [0.25, 0.3) is 0 Å². The molecule has 0 unspecified atom stereocenters. The minimum atomic E-state index is 0.407. The smallest absolute Gasteiger partial charge is 0.0815 e. The van der Waals surface area contributed by atoms with E-state index in [4.69, 9.17) is 0 Å². The van der Waals surface area contributed by atoms with E-state index in [1.165, 1.54) is 10.8 Å². The van der Waals surface area contributed by atoms with E-state index in [1.807, 2.05) is 10.9 Å². The first-order chi connectivity index (χ1) is 9.72. The Morgan fingerprint density at radius 3 is 2.60 bits per heavy atom. The van der Waals surface area contributed by atoms with Crippen molar-refractivity contribution in [3.05, 3.63) is 60.4 Å². The molecule has 0 amide bonds. The van der Waals surface area contributed by atoms with E-state index in [9.17, 15) is 0 Å². The number of hydrogen-bond acceptors (Lipinski definition) is 2. The van der Waals surface area contributed by atoms with Crippen LogP contribution in [0.4, 0.5) is 5.69 Å². The van der Waals surface area contributed by atoms with E-state index in [-0.39, 0.29) is 0 Å². The zero-order chi connectivity index (χ0) is 13.9. The summed E-state index contributed by atoms with van der Waals surface area (Å²) in [5.41, 5.74) is 2.19. The van der Waals surface area contributed by atoms with Crippen LogP contribution < -0.4 is 5.32 Å². The SMILES string of the molecule is CC(C)n1ccc(CNc2ccc3ccccc3c2)n1. The molecule has 0 radical (unpaired) electrons. The fraction of sp³-hybridized carbons (Fsp3) is 0.235. The third-order valence-corrected chi connectivity index (χ3v) is 3.42. The molecule has 0 atom stereocenters. The monoisotopic (exact) mass is 265 g/mol. The van der Waals surface area contributed by atoms with Gasteiger partial charge in [0.1, 0.15) is 0 Å². The number of nitrogens with zero attached hydrogens (tertiary/aromatic N) is 2. The molecule has 0 spiro atoms. The summed E-state index contributed by atoms with van der Waals surface area (Å²) in [5, 5.41) is 10.5. The quantitative estimate of drug-likeness (QED) is 0.765. The van der Waals surface area contributed by atoms with E-state index in [0.29, 0.717) is 6.04 Å². The second kappa shape index (κ2) is 5.37. The summed E-state index contributed by atoms with van der Waals surface area (Å²) < 4.78 is 1.98. The van der Waals surface area contributed by atoms with E-state index >= 15 is 0 Å². The average Bonchev–Trinajstić information content (AvgIpc) is 2.94. The van der Waals surface area contributed by atoms with Crippen molar-refractivity contribution in [2.24, 2.45) is 0 Å². The van der Waals surface area contributed by atoms with Crippen LogP contribution in [0.5, 0.6) is 0 Å². The molecule has 3 rings (SSSR count). The highest BCUT2D eigenvalue weighted by molar-refractivity contribution is 5.85. The van der Waals surface area contributed by atoms with Gasteiger partial charge in [0.15, 0.2) is 0 Å². The van der Waals surface area contributed by atoms with Crippen molar-refractivity contribution in [2.45, 2.75) is 26.4 Å². The zero-order valence-corrected chi connectivity index (χ0v) is 11.9. The molecule has 102 valence electrons. The van der Waals surface area contributed by atoms with Crippen LogP contribution in [0.3, 0.4) is 0 Å². The van der Waals surface area contributed by atoms with Gasteiger partial charge in [-0.25, -0.2) is 0 Å². The summed E-state index contributed by atoms with van der Waals surface area (Å²) in [6.45, 7) is 5.01. The Hall–Kier alpha value is -2.29. The number of nitrogens with one attached hydrogen (secondary N) is 1. The van der Waals surface area contributed by atoms with Gasteiger partial charge in [-0.2, -0.15) is 5.10 Å². The first-order valence-electron chi connectivity index (χ1n) is 6.99. The standard InChI is InChI=1S/C17H19N3/c1-13(2)20-10-9-17(19-20)12-18-16-8-7-14-5-3-4-6-15(14)11-16/h3-11,13,18H,12H2,1-2H3. The maximum Gasteiger partial charge on any atom is 0.0815 e. The van der Waals surface area contributed by atoms with Crippen molar-refractivity contribution in [3.63, 3.8) is 0 Å². The lowest BCUT2D eigenvalue weighted by Gasteiger charge is -2.07. The van der Waals surface area contributed by atoms with Crippen molar-refractivity contribution in [1.82, 2.24) is 9.78 Å². The maximum atomic E-state index is 4.54. The lowest BCUT2D eigenvalue weighted by atomic mass is 10.1. The molecule has 1 aromatic heterocycles. The number of anilines is 1. The number of hydrogen-bond donors (Lipinski definition) is 1. The molecule has 1 N–H and O–H groups in total. The molecule has 3 nitrogen and oxygen atoms in total. The second-order valence-electron chi connectivity index (χ2n) is 5.30. The van der Waals surface area contributed by atoms with Crippen LogP contribution in [-0.2, 0) is 6.54 Å². The van der Waals surface area contributed by atoms with Crippen LogP contribution in [0.15, 0.2) is 54.7 Å². The molecule has 0 fully saturated rings. The van der Waals surface area contributed by atoms with Gasteiger partial charge in [-0.1, -0.05) is 30.3 Å². The molecule has 0 aliphatic carbocycles. The van der Waals surface area contributed by atoms with Crippen molar-refractivity contribution in [3.8, 4) is 0 Å². The van der Waals surface area contributed by atoms with Gasteiger partial charge in [0.05, 0.1) is 12.2 Å². The molecule has 0 saturated carbocycles. The van der Waals surface area contributed by atoms with Gasteiger partial charge in [-0.3, -0.25) is 4.68 Å². The predicted octanol–water partition coefficient (Wildman–Crippen LogP) is 4.23. The van der Waals surface area contributed by atoms with Crippen LogP contribution in [0, 0.1) is 0 Å². The summed E-state index contributed by atoms with van der Waals surface area (Å²) in [4.78, 5) is 0. The van der Waals surface area contributed by atoms with Gasteiger partial charge in [0, 0.05) is 17.9 Å². The van der Waals surface area contributed by atoms with Crippen molar-refractivity contribution < 1.29 is 0 Å². The van der Waals surface area contributed by atoms with Gasteiger partial charge in [0.2, 0.25) is 0 Å². The molecule has 3 aromatic rings. The van der Waals surface area contributed by atoms with Crippen LogP contribution >= 0.6 is 0 Å². The van der Waals surface area contributed by atoms with Crippen LogP contribution in [0.2, 0.25) is 0 Å². The van der Waals surface area contributed by atoms with Crippen LogP contribution in [-0.4, -0.2) is 9.78 Å². The highest BCUT2D eigenvalue weighted by atomic mass is 15.3. The first kappa shape index (κ1) is 12.7. The lowest BCUT2D eigenvalue weighted by Crippen LogP contribution is -2.04. The Balaban J connectivity index is 1.72. The maximum absolute atomic E-state index is 4.54. The van der Waals surface area contributed by atoms with Crippen molar-refractivity contribution in [2.75, 3.05) is 5.32 Å². The summed E-state index contributed by atoms with van der Waals surface area (Å²) in [6, 6.07) is 17.3. The third kappa shape index (κ3) is 2.67. The second-order valence-corrected chi connectivity index (χ2v) is 5.30. The molecule has 0 aliphatic heterocycles. The molecule has 0 aliphatic rings. The van der Waals surface area contributed by atoms with Gasteiger partial charge in [-0.15, -0.1) is 0 Å². The summed E-state index contributed by atoms with van der Waals surface area (Å²) in [5.74, 6) is 0. The lowest BCUT2D eigenvalue weighted by molar-refractivity contribution is 0.527. The van der Waals surface area contributed by atoms with Gasteiger partial charge >= 0.3 is 0 Å². The Labute approximate surface area is 119 Å².